The third kappa shape index (κ3) is 3.75. The lowest BCUT2D eigenvalue weighted by atomic mass is 10.1. The van der Waals surface area contributed by atoms with Crippen LogP contribution in [0.1, 0.15) is 6.92 Å². The van der Waals surface area contributed by atoms with Gasteiger partial charge in [-0.2, -0.15) is 0 Å². The molecule has 0 aliphatic heterocycles. The summed E-state index contributed by atoms with van der Waals surface area (Å²) in [7, 11) is -2.28. The number of methoxy groups -OCH3 is 1. The summed E-state index contributed by atoms with van der Waals surface area (Å²) < 4.78 is 40.2. The minimum absolute atomic E-state index is 0.0927. The average molecular weight is 341 g/mol. The molecule has 0 atom stereocenters. The number of para-hydroxylation sites is 1. The van der Waals surface area contributed by atoms with E-state index in [2.05, 4.69) is 4.72 Å². The van der Waals surface area contributed by atoms with E-state index in [-0.39, 0.29) is 5.76 Å². The van der Waals surface area contributed by atoms with Crippen molar-refractivity contribution in [3.8, 4) is 28.6 Å². The van der Waals surface area contributed by atoms with Gasteiger partial charge in [-0.25, -0.2) is 8.42 Å². The maximum atomic E-state index is 11.4. The zero-order chi connectivity index (χ0) is 17.2. The number of carbonyl (C=O) groups is 1. The molecule has 0 radical (unpaired) electrons. The Morgan fingerprint density at radius 3 is 2.52 bits per heavy atom. The highest BCUT2D eigenvalue weighted by Gasteiger charge is 2.27. The van der Waals surface area contributed by atoms with Crippen molar-refractivity contribution < 1.29 is 32.2 Å². The van der Waals surface area contributed by atoms with E-state index in [1.165, 1.54) is 7.11 Å². The van der Waals surface area contributed by atoms with Crippen molar-refractivity contribution in [3.63, 3.8) is 0 Å². The van der Waals surface area contributed by atoms with E-state index in [0.29, 0.717) is 11.3 Å². The molecular weight excluding hydrogens is 326 g/mol. The number of sulfonamides is 1. The van der Waals surface area contributed by atoms with Gasteiger partial charge in [0.25, 0.3) is 5.88 Å². The molecule has 8 nitrogen and oxygen atoms in total. The molecule has 2 rings (SSSR count). The van der Waals surface area contributed by atoms with Gasteiger partial charge in [0.2, 0.25) is 21.5 Å². The fraction of sp³-hybridized carbons (Fsp3) is 0.214. The number of esters is 1. The summed E-state index contributed by atoms with van der Waals surface area (Å²) in [4.78, 5) is 11.2. The number of aromatic hydroxyl groups is 1. The quantitative estimate of drug-likeness (QED) is 0.799. The first-order valence-electron chi connectivity index (χ1n) is 6.38. The van der Waals surface area contributed by atoms with Crippen molar-refractivity contribution in [2.75, 3.05) is 18.1 Å². The predicted octanol–water partition coefficient (Wildman–Crippen LogP) is 1.96. The molecule has 1 aromatic carbocycles. The number of ether oxygens (including phenoxy) is 2. The lowest BCUT2D eigenvalue weighted by Gasteiger charge is -2.05. The number of rotatable bonds is 5. The topological polar surface area (TPSA) is 115 Å². The second kappa shape index (κ2) is 6.21. The van der Waals surface area contributed by atoms with Crippen molar-refractivity contribution in [2.24, 2.45) is 0 Å². The molecule has 0 saturated heterocycles. The van der Waals surface area contributed by atoms with Gasteiger partial charge < -0.3 is 19.0 Å². The molecule has 2 N–H and O–H groups in total. The first-order chi connectivity index (χ1) is 10.7. The summed E-state index contributed by atoms with van der Waals surface area (Å²) in [5.74, 6) is -1.79. The minimum atomic E-state index is -3.71. The van der Waals surface area contributed by atoms with Crippen molar-refractivity contribution in [1.82, 2.24) is 0 Å². The van der Waals surface area contributed by atoms with Crippen LogP contribution in [0.15, 0.2) is 28.7 Å². The summed E-state index contributed by atoms with van der Waals surface area (Å²) in [5, 5.41) is 10.3. The molecule has 0 aliphatic carbocycles. The number of anilines is 1. The second-order valence-electron chi connectivity index (χ2n) is 4.61. The van der Waals surface area contributed by atoms with Crippen LogP contribution < -0.4 is 14.2 Å². The molecule has 1 heterocycles. The van der Waals surface area contributed by atoms with E-state index in [1.54, 1.807) is 24.3 Å². The Hall–Kier alpha value is -2.68. The van der Waals surface area contributed by atoms with Gasteiger partial charge in [-0.15, -0.1) is 0 Å². The monoisotopic (exact) mass is 341 g/mol. The molecule has 0 spiro atoms. The van der Waals surface area contributed by atoms with Crippen LogP contribution in [0.25, 0.3) is 11.3 Å². The molecule has 0 amide bonds. The van der Waals surface area contributed by atoms with E-state index in [0.717, 1.165) is 13.2 Å². The first-order valence-corrected chi connectivity index (χ1v) is 8.27. The molecule has 0 saturated carbocycles. The fourth-order valence-corrected chi connectivity index (χ4v) is 2.37. The van der Waals surface area contributed by atoms with Crippen LogP contribution in [-0.4, -0.2) is 32.9 Å². The SMILES string of the molecule is COc1ccccc1-c1oc(NS(C)(=O)=O)c(OC(C)=O)c1O. The Morgan fingerprint density at radius 2 is 1.96 bits per heavy atom. The third-order valence-corrected chi connectivity index (χ3v) is 3.27. The average Bonchev–Trinajstić information content (AvgIpc) is 2.74. The Labute approximate surface area is 132 Å². The summed E-state index contributed by atoms with van der Waals surface area (Å²) in [6, 6.07) is 6.62. The van der Waals surface area contributed by atoms with Crippen LogP contribution in [0.5, 0.6) is 17.2 Å². The van der Waals surface area contributed by atoms with Gasteiger partial charge in [0, 0.05) is 6.92 Å². The lowest BCUT2D eigenvalue weighted by Crippen LogP contribution is -2.11. The van der Waals surface area contributed by atoms with Crippen LogP contribution in [0.3, 0.4) is 0 Å². The first kappa shape index (κ1) is 16.7. The highest BCUT2D eigenvalue weighted by Crippen LogP contribution is 2.48. The third-order valence-electron chi connectivity index (χ3n) is 2.72. The van der Waals surface area contributed by atoms with Crippen molar-refractivity contribution in [3.05, 3.63) is 24.3 Å². The van der Waals surface area contributed by atoms with E-state index >= 15 is 0 Å². The van der Waals surface area contributed by atoms with Crippen molar-refractivity contribution in [1.29, 1.82) is 0 Å². The fourth-order valence-electron chi connectivity index (χ4n) is 1.90. The summed E-state index contributed by atoms with van der Waals surface area (Å²) in [6.45, 7) is 1.11. The number of hydrogen-bond acceptors (Lipinski definition) is 7. The molecule has 2 aromatic rings. The molecular formula is C14H15NO7S. The zero-order valence-corrected chi connectivity index (χ0v) is 13.4. The molecule has 1 aromatic heterocycles. The Balaban J connectivity index is 2.63. The molecule has 9 heteroatoms. The van der Waals surface area contributed by atoms with Crippen LogP contribution in [0.4, 0.5) is 5.88 Å². The molecule has 0 fully saturated rings. The van der Waals surface area contributed by atoms with E-state index in [9.17, 15) is 18.3 Å². The standard InChI is InChI=1S/C14H15NO7S/c1-8(16)21-13-11(17)12(22-14(13)15-23(3,18)19)9-6-4-5-7-10(9)20-2/h4-7,15,17H,1-3H3. The van der Waals surface area contributed by atoms with Gasteiger partial charge >= 0.3 is 5.97 Å². The van der Waals surface area contributed by atoms with Crippen LogP contribution >= 0.6 is 0 Å². The second-order valence-corrected chi connectivity index (χ2v) is 6.35. The highest BCUT2D eigenvalue weighted by atomic mass is 32.2. The van der Waals surface area contributed by atoms with Crippen molar-refractivity contribution in [2.45, 2.75) is 6.92 Å². The highest BCUT2D eigenvalue weighted by molar-refractivity contribution is 7.92. The molecule has 124 valence electrons. The van der Waals surface area contributed by atoms with Gasteiger partial charge in [-0.05, 0) is 12.1 Å². The number of furan rings is 1. The predicted molar refractivity (Wildman–Crippen MR) is 82.1 cm³/mol. The molecule has 0 aliphatic rings. The minimum Gasteiger partial charge on any atom is -0.502 e. The number of nitrogens with one attached hydrogen (secondary N) is 1. The Morgan fingerprint density at radius 1 is 1.30 bits per heavy atom. The summed E-state index contributed by atoms with van der Waals surface area (Å²) in [5.41, 5.74) is 0.363. The number of carbonyl (C=O) groups excluding carboxylic acids is 1. The van der Waals surface area contributed by atoms with Crippen molar-refractivity contribution >= 4 is 21.9 Å². The Bertz CT molecular complexity index is 839. The van der Waals surface area contributed by atoms with Crippen LogP contribution in [0.2, 0.25) is 0 Å². The van der Waals surface area contributed by atoms with Gasteiger partial charge in [0.15, 0.2) is 5.76 Å². The largest absolute Gasteiger partial charge is 0.502 e. The lowest BCUT2D eigenvalue weighted by molar-refractivity contribution is -0.131. The Kier molecular flexibility index (Phi) is 4.50. The molecule has 0 bridgehead atoms. The smallest absolute Gasteiger partial charge is 0.308 e. The molecule has 0 unspecified atom stereocenters. The van der Waals surface area contributed by atoms with Gasteiger partial charge in [0.05, 0.1) is 18.9 Å². The number of hydrogen-bond donors (Lipinski definition) is 2. The maximum absolute atomic E-state index is 11.4. The summed E-state index contributed by atoms with van der Waals surface area (Å²) in [6.07, 6.45) is 0.896. The van der Waals surface area contributed by atoms with E-state index < -0.39 is 33.4 Å². The van der Waals surface area contributed by atoms with Gasteiger partial charge in [-0.1, -0.05) is 12.1 Å². The van der Waals surface area contributed by atoms with Gasteiger partial charge in [-0.3, -0.25) is 9.52 Å². The maximum Gasteiger partial charge on any atom is 0.308 e. The normalized spacial score (nSPS) is 11.1. The number of benzene rings is 1. The van der Waals surface area contributed by atoms with E-state index in [1.807, 2.05) is 0 Å². The zero-order valence-electron chi connectivity index (χ0n) is 12.6. The summed E-state index contributed by atoms with van der Waals surface area (Å²) >= 11 is 0. The van der Waals surface area contributed by atoms with Gasteiger partial charge in [0.1, 0.15) is 5.75 Å². The molecule has 23 heavy (non-hydrogen) atoms. The van der Waals surface area contributed by atoms with Crippen LogP contribution in [-0.2, 0) is 14.8 Å². The van der Waals surface area contributed by atoms with Crippen LogP contribution in [0, 0.1) is 0 Å². The van der Waals surface area contributed by atoms with E-state index in [4.69, 9.17) is 13.9 Å².